The number of rotatable bonds is 6. The molecule has 0 saturated carbocycles. The minimum absolute atomic E-state index is 0.0263. The molecule has 0 radical (unpaired) electrons. The highest BCUT2D eigenvalue weighted by atomic mass is 127. The Balaban J connectivity index is 1.85. The number of hydrogen-bond acceptors (Lipinski definition) is 3. The summed E-state index contributed by atoms with van der Waals surface area (Å²) in [6.45, 7) is 0. The maximum Gasteiger partial charge on any atom is 0.167 e. The molecular formula is C21H17FINO2. The van der Waals surface area contributed by atoms with Gasteiger partial charge in [-0.25, -0.2) is 4.39 Å². The molecule has 0 N–H and O–H groups in total. The number of methoxy groups -OCH3 is 1. The minimum Gasteiger partial charge on any atom is -0.497 e. The molecule has 1 aromatic heterocycles. The van der Waals surface area contributed by atoms with Gasteiger partial charge in [-0.2, -0.15) is 0 Å². The summed E-state index contributed by atoms with van der Waals surface area (Å²) in [5.74, 6) is 0.416. The van der Waals surface area contributed by atoms with E-state index in [0.29, 0.717) is 23.3 Å². The molecule has 2 aromatic carbocycles. The van der Waals surface area contributed by atoms with Crippen molar-refractivity contribution in [1.82, 2.24) is 4.98 Å². The first kappa shape index (κ1) is 18.5. The van der Waals surface area contributed by atoms with E-state index in [1.165, 1.54) is 6.07 Å². The Kier molecular flexibility index (Phi) is 5.98. The molecule has 132 valence electrons. The van der Waals surface area contributed by atoms with Crippen molar-refractivity contribution in [2.45, 2.75) is 12.8 Å². The third kappa shape index (κ3) is 4.46. The van der Waals surface area contributed by atoms with Crippen molar-refractivity contribution in [3.8, 4) is 5.75 Å². The topological polar surface area (TPSA) is 39.2 Å². The predicted molar refractivity (Wildman–Crippen MR) is 107 cm³/mol. The lowest BCUT2D eigenvalue weighted by Gasteiger charge is -2.10. The monoisotopic (exact) mass is 461 g/mol. The second-order valence-corrected chi connectivity index (χ2v) is 7.14. The third-order valence-electron chi connectivity index (χ3n) is 4.10. The highest BCUT2D eigenvalue weighted by Gasteiger charge is 2.14. The van der Waals surface area contributed by atoms with Gasteiger partial charge < -0.3 is 4.74 Å². The van der Waals surface area contributed by atoms with Crippen molar-refractivity contribution in [3.63, 3.8) is 0 Å². The molecule has 0 fully saturated rings. The zero-order valence-corrected chi connectivity index (χ0v) is 16.4. The minimum atomic E-state index is -0.271. The Hall–Kier alpha value is -2.28. The summed E-state index contributed by atoms with van der Waals surface area (Å²) in [7, 11) is 1.59. The molecule has 0 amide bonds. The Morgan fingerprint density at radius 3 is 2.77 bits per heavy atom. The van der Waals surface area contributed by atoms with Gasteiger partial charge in [-0.15, -0.1) is 0 Å². The van der Waals surface area contributed by atoms with Crippen molar-refractivity contribution in [1.29, 1.82) is 0 Å². The summed E-state index contributed by atoms with van der Waals surface area (Å²) in [4.78, 5) is 16.9. The van der Waals surface area contributed by atoms with Crippen LogP contribution in [0.2, 0.25) is 0 Å². The van der Waals surface area contributed by atoms with Gasteiger partial charge in [-0.3, -0.25) is 9.78 Å². The van der Waals surface area contributed by atoms with Gasteiger partial charge >= 0.3 is 0 Å². The number of hydrogen-bond donors (Lipinski definition) is 0. The molecule has 1 heterocycles. The van der Waals surface area contributed by atoms with Crippen molar-refractivity contribution in [2.75, 3.05) is 7.11 Å². The van der Waals surface area contributed by atoms with Gasteiger partial charge in [0.1, 0.15) is 11.6 Å². The molecule has 0 aliphatic rings. The average Bonchev–Trinajstić information content (AvgIpc) is 2.64. The summed E-state index contributed by atoms with van der Waals surface area (Å²) in [6.07, 6.45) is 3.81. The fourth-order valence-corrected chi connectivity index (χ4v) is 3.23. The summed E-state index contributed by atoms with van der Waals surface area (Å²) in [5.41, 5.74) is 2.72. The van der Waals surface area contributed by atoms with Crippen LogP contribution in [0, 0.1) is 9.39 Å². The number of Topliss-reactive ketones (excluding diaryl/α,β-unsaturated/α-hetero) is 1. The molecule has 0 atom stereocenters. The van der Waals surface area contributed by atoms with E-state index in [9.17, 15) is 9.18 Å². The van der Waals surface area contributed by atoms with Gasteiger partial charge in [-0.05, 0) is 69.6 Å². The zero-order chi connectivity index (χ0) is 18.5. The summed E-state index contributed by atoms with van der Waals surface area (Å²) < 4.78 is 20.2. The maximum atomic E-state index is 14.2. The molecule has 0 spiro atoms. The Bertz CT molecular complexity index is 943. The smallest absolute Gasteiger partial charge is 0.167 e. The van der Waals surface area contributed by atoms with E-state index in [1.54, 1.807) is 31.6 Å². The van der Waals surface area contributed by atoms with Crippen molar-refractivity contribution >= 4 is 28.4 Å². The van der Waals surface area contributed by atoms with Gasteiger partial charge in [0.05, 0.1) is 7.11 Å². The summed E-state index contributed by atoms with van der Waals surface area (Å²) in [6, 6.07) is 14.2. The van der Waals surface area contributed by atoms with Crippen molar-refractivity contribution in [3.05, 3.63) is 92.6 Å². The van der Waals surface area contributed by atoms with Crippen LogP contribution < -0.4 is 4.74 Å². The van der Waals surface area contributed by atoms with E-state index in [2.05, 4.69) is 27.6 Å². The number of pyridine rings is 1. The fourth-order valence-electron chi connectivity index (χ4n) is 2.77. The molecular weight excluding hydrogens is 444 g/mol. The van der Waals surface area contributed by atoms with Crippen molar-refractivity contribution in [2.24, 2.45) is 0 Å². The molecule has 3 rings (SSSR count). The first-order chi connectivity index (χ1) is 12.6. The molecule has 0 aliphatic heterocycles. The van der Waals surface area contributed by atoms with Crippen LogP contribution in [-0.2, 0) is 12.8 Å². The lowest BCUT2D eigenvalue weighted by Crippen LogP contribution is -2.09. The van der Waals surface area contributed by atoms with Gasteiger partial charge in [-0.1, -0.05) is 18.2 Å². The highest BCUT2D eigenvalue weighted by molar-refractivity contribution is 14.1. The zero-order valence-electron chi connectivity index (χ0n) is 14.2. The number of carbonyl (C=O) groups is 1. The molecule has 3 nitrogen and oxygen atoms in total. The standard InChI is InChI=1S/C21H17FINO2/c1-26-18-4-2-3-14(9-18)10-21(25)19-7-8-24-13-16(19)11-15-5-6-17(23)12-20(15)22/h2-9,12-13H,10-11H2,1H3. The van der Waals surface area contributed by atoms with Crippen LogP contribution in [-0.4, -0.2) is 17.9 Å². The number of ether oxygens (including phenoxy) is 1. The van der Waals surface area contributed by atoms with Crippen LogP contribution in [0.25, 0.3) is 0 Å². The molecule has 0 aliphatic carbocycles. The first-order valence-electron chi connectivity index (χ1n) is 8.10. The van der Waals surface area contributed by atoms with E-state index >= 15 is 0 Å². The number of benzene rings is 2. The molecule has 5 heteroatoms. The van der Waals surface area contributed by atoms with Gasteiger partial charge in [0.15, 0.2) is 5.78 Å². The highest BCUT2D eigenvalue weighted by Crippen LogP contribution is 2.20. The predicted octanol–water partition coefficient (Wildman–Crippen LogP) is 4.85. The van der Waals surface area contributed by atoms with Gasteiger partial charge in [0.25, 0.3) is 0 Å². The summed E-state index contributed by atoms with van der Waals surface area (Å²) in [5, 5.41) is 0. The Morgan fingerprint density at radius 1 is 1.15 bits per heavy atom. The molecule has 0 bridgehead atoms. The second-order valence-electron chi connectivity index (χ2n) is 5.90. The van der Waals surface area contributed by atoms with E-state index in [0.717, 1.165) is 14.7 Å². The lowest BCUT2D eigenvalue weighted by molar-refractivity contribution is 0.0992. The largest absolute Gasteiger partial charge is 0.497 e. The van der Waals surface area contributed by atoms with Crippen LogP contribution in [0.3, 0.4) is 0 Å². The maximum absolute atomic E-state index is 14.2. The molecule has 0 saturated heterocycles. The normalized spacial score (nSPS) is 10.6. The molecule has 3 aromatic rings. The van der Waals surface area contributed by atoms with Crippen molar-refractivity contribution < 1.29 is 13.9 Å². The number of aromatic nitrogens is 1. The number of carbonyl (C=O) groups excluding carboxylic acids is 1. The molecule has 26 heavy (non-hydrogen) atoms. The van der Waals surface area contributed by atoms with E-state index < -0.39 is 0 Å². The second kappa shape index (κ2) is 8.40. The quantitative estimate of drug-likeness (QED) is 0.389. The molecule has 0 unspecified atom stereocenters. The SMILES string of the molecule is COc1cccc(CC(=O)c2ccncc2Cc2ccc(I)cc2F)c1. The Morgan fingerprint density at radius 2 is 2.00 bits per heavy atom. The van der Waals surface area contributed by atoms with Gasteiger partial charge in [0, 0.05) is 34.4 Å². The third-order valence-corrected chi connectivity index (χ3v) is 4.77. The van der Waals surface area contributed by atoms with E-state index in [4.69, 9.17) is 4.74 Å². The average molecular weight is 461 g/mol. The number of ketones is 1. The number of halogens is 2. The van der Waals surface area contributed by atoms with E-state index in [1.807, 2.05) is 30.3 Å². The van der Waals surface area contributed by atoms with Gasteiger partial charge in [0.2, 0.25) is 0 Å². The summed E-state index contributed by atoms with van der Waals surface area (Å²) >= 11 is 2.07. The Labute approximate surface area is 165 Å². The van der Waals surface area contributed by atoms with Crippen LogP contribution in [0.4, 0.5) is 4.39 Å². The van der Waals surface area contributed by atoms with E-state index in [-0.39, 0.29) is 18.0 Å². The lowest BCUT2D eigenvalue weighted by atomic mass is 9.96. The van der Waals surface area contributed by atoms with Crippen LogP contribution in [0.5, 0.6) is 5.75 Å². The first-order valence-corrected chi connectivity index (χ1v) is 9.17. The van der Waals surface area contributed by atoms with Crippen LogP contribution >= 0.6 is 22.6 Å². The fraction of sp³-hybridized carbons (Fsp3) is 0.143. The number of nitrogens with zero attached hydrogens (tertiary/aromatic N) is 1. The van der Waals surface area contributed by atoms with Crippen LogP contribution in [0.15, 0.2) is 60.9 Å². The van der Waals surface area contributed by atoms with Crippen LogP contribution in [0.1, 0.15) is 27.0 Å².